The number of benzene rings is 2. The zero-order chi connectivity index (χ0) is 22.4. The molecule has 0 aliphatic heterocycles. The van der Waals surface area contributed by atoms with Crippen LogP contribution in [-0.2, 0) is 17.8 Å². The number of carbonyl (C=O) groups excluding carboxylic acids is 1. The maximum Gasteiger partial charge on any atom is 0.116 e. The second-order valence-electron chi connectivity index (χ2n) is 6.11. The fraction of sp³-hybridized carbons (Fsp3) is 0.227. The smallest absolute Gasteiger partial charge is 0.116 e. The molecule has 0 saturated heterocycles. The Morgan fingerprint density at radius 2 is 1.80 bits per heavy atom. The number of likely N-dealkylation sites (N-methyl/N-ethyl adjacent to an activating group) is 1. The van der Waals surface area contributed by atoms with Gasteiger partial charge in [-0.05, 0) is 49.9 Å². The van der Waals surface area contributed by atoms with E-state index in [2.05, 4.69) is 20.9 Å². The third-order valence-corrected chi connectivity index (χ3v) is 4.19. The van der Waals surface area contributed by atoms with Gasteiger partial charge in [0.25, 0.3) is 0 Å². The van der Waals surface area contributed by atoms with Gasteiger partial charge in [0.1, 0.15) is 6.29 Å². The van der Waals surface area contributed by atoms with Crippen molar-refractivity contribution in [2.75, 3.05) is 19.3 Å². The lowest BCUT2D eigenvalue weighted by Crippen LogP contribution is -2.13. The number of nitrogens with one attached hydrogen (secondary N) is 1. The Bertz CT molecular complexity index is 898. The molecule has 0 saturated carbocycles. The Morgan fingerprint density at radius 3 is 2.30 bits per heavy atom. The van der Waals surface area contributed by atoms with Crippen molar-refractivity contribution in [3.8, 4) is 6.07 Å². The Kier molecular flexibility index (Phi) is 11.9. The zero-order valence-electron chi connectivity index (χ0n) is 17.0. The maximum absolute atomic E-state index is 8.81. The lowest BCUT2D eigenvalue weighted by Gasteiger charge is -2.08. The van der Waals surface area contributed by atoms with E-state index in [1.807, 2.05) is 43.8 Å². The minimum atomic E-state index is 0.569. The lowest BCUT2D eigenvalue weighted by atomic mass is 10.1. The van der Waals surface area contributed by atoms with Crippen molar-refractivity contribution in [2.24, 2.45) is 0 Å². The van der Waals surface area contributed by atoms with Gasteiger partial charge in [-0.2, -0.15) is 5.26 Å². The summed E-state index contributed by atoms with van der Waals surface area (Å²) in [6.07, 6.45) is 5.47. The van der Waals surface area contributed by atoms with Crippen molar-refractivity contribution in [1.29, 1.82) is 5.26 Å². The number of aldehydes is 1. The first-order valence-electron chi connectivity index (χ1n) is 9.17. The van der Waals surface area contributed by atoms with Crippen LogP contribution in [0, 0.1) is 11.3 Å². The van der Waals surface area contributed by atoms with Gasteiger partial charge in [0.15, 0.2) is 0 Å². The monoisotopic (exact) mass is 445 g/mol. The van der Waals surface area contributed by atoms with E-state index in [0.717, 1.165) is 25.8 Å². The molecule has 3 rings (SSSR count). The van der Waals surface area contributed by atoms with E-state index < -0.39 is 0 Å². The van der Waals surface area contributed by atoms with Crippen LogP contribution in [0.2, 0.25) is 10.0 Å². The highest BCUT2D eigenvalue weighted by atomic mass is 35.5. The first-order valence-corrected chi connectivity index (χ1v) is 9.93. The van der Waals surface area contributed by atoms with E-state index in [1.54, 1.807) is 18.2 Å². The Morgan fingerprint density at radius 1 is 1.20 bits per heavy atom. The normalized spacial score (nSPS) is 9.43. The number of anilines is 1. The molecule has 1 heterocycles. The molecule has 1 aromatic heterocycles. The van der Waals surface area contributed by atoms with E-state index in [9.17, 15) is 0 Å². The van der Waals surface area contributed by atoms with Crippen LogP contribution < -0.4 is 11.1 Å². The van der Waals surface area contributed by atoms with Crippen molar-refractivity contribution in [2.45, 2.75) is 19.9 Å². The Balaban J connectivity index is 0.000000313. The molecule has 0 aliphatic carbocycles. The van der Waals surface area contributed by atoms with E-state index in [1.165, 1.54) is 18.2 Å². The summed E-state index contributed by atoms with van der Waals surface area (Å²) >= 11 is 11.2. The van der Waals surface area contributed by atoms with Gasteiger partial charge in [-0.25, -0.2) is 4.98 Å². The van der Waals surface area contributed by atoms with Crippen LogP contribution in [0.25, 0.3) is 0 Å². The molecule has 0 unspecified atom stereocenters. The van der Waals surface area contributed by atoms with Crippen molar-refractivity contribution >= 4 is 35.2 Å². The van der Waals surface area contributed by atoms with Crippen LogP contribution in [0.3, 0.4) is 0 Å². The number of nitrogen functional groups attached to an aromatic ring is 1. The van der Waals surface area contributed by atoms with Crippen molar-refractivity contribution in [3.05, 3.63) is 81.9 Å². The van der Waals surface area contributed by atoms with Gasteiger partial charge in [-0.3, -0.25) is 0 Å². The second-order valence-corrected chi connectivity index (χ2v) is 6.99. The summed E-state index contributed by atoms with van der Waals surface area (Å²) in [7, 11) is 1.95. The molecule has 0 bridgehead atoms. The quantitative estimate of drug-likeness (QED) is 0.449. The highest BCUT2D eigenvalue weighted by molar-refractivity contribution is 6.35. The minimum absolute atomic E-state index is 0.569. The molecular formula is C22H25Cl2N5O. The molecule has 0 aliphatic rings. The summed E-state index contributed by atoms with van der Waals surface area (Å²) in [5.41, 5.74) is 9.07. The van der Waals surface area contributed by atoms with Crippen LogP contribution in [0.15, 0.2) is 55.0 Å². The average molecular weight is 446 g/mol. The van der Waals surface area contributed by atoms with E-state index in [4.69, 9.17) is 39.0 Å². The van der Waals surface area contributed by atoms with E-state index in [0.29, 0.717) is 21.3 Å². The SMILES string of the molecule is CC=O.CNCCc1cncn1Cc1ccc(C#N)cc1.Nc1cc(Cl)cc(Cl)c1. The van der Waals surface area contributed by atoms with Crippen LogP contribution >= 0.6 is 23.2 Å². The van der Waals surface area contributed by atoms with E-state index in [-0.39, 0.29) is 0 Å². The Hall–Kier alpha value is -2.85. The molecule has 3 aromatic rings. The van der Waals surface area contributed by atoms with Gasteiger partial charge >= 0.3 is 0 Å². The number of nitrogens with two attached hydrogens (primary N) is 1. The number of aromatic nitrogens is 2. The standard InChI is InChI=1S/C14H16N4.C6H5Cl2N.C2H4O/c1-16-7-6-14-9-17-11-18(14)10-13-4-2-12(8-15)3-5-13;7-4-1-5(8)3-6(9)2-4;1-2-3/h2-5,9,11,16H,6-7,10H2,1H3;1-3H,9H2;2H,1H3. The fourth-order valence-electron chi connectivity index (χ4n) is 2.41. The molecule has 2 aromatic carbocycles. The maximum atomic E-state index is 8.81. The van der Waals surface area contributed by atoms with Gasteiger partial charge in [0.2, 0.25) is 0 Å². The third kappa shape index (κ3) is 9.57. The third-order valence-electron chi connectivity index (χ3n) is 3.75. The number of hydrogen-bond donors (Lipinski definition) is 2. The topological polar surface area (TPSA) is 96.7 Å². The molecule has 8 heteroatoms. The van der Waals surface area contributed by atoms with Gasteiger partial charge in [-0.15, -0.1) is 0 Å². The number of rotatable bonds is 5. The molecule has 0 radical (unpaired) electrons. The number of nitriles is 1. The minimum Gasteiger partial charge on any atom is -0.399 e. The lowest BCUT2D eigenvalue weighted by molar-refractivity contribution is -0.106. The van der Waals surface area contributed by atoms with Crippen molar-refractivity contribution in [1.82, 2.24) is 14.9 Å². The molecule has 3 N–H and O–H groups in total. The van der Waals surface area contributed by atoms with Gasteiger partial charge in [-0.1, -0.05) is 35.3 Å². The van der Waals surface area contributed by atoms with Crippen LogP contribution in [0.5, 0.6) is 0 Å². The fourth-order valence-corrected chi connectivity index (χ4v) is 2.95. The number of imidazole rings is 1. The molecule has 0 amide bonds. The molecule has 6 nitrogen and oxygen atoms in total. The zero-order valence-corrected chi connectivity index (χ0v) is 18.5. The van der Waals surface area contributed by atoms with Crippen molar-refractivity contribution < 1.29 is 4.79 Å². The average Bonchev–Trinajstić information content (AvgIpc) is 3.14. The first kappa shape index (κ1) is 25.2. The van der Waals surface area contributed by atoms with E-state index >= 15 is 0 Å². The van der Waals surface area contributed by atoms with Crippen LogP contribution in [0.4, 0.5) is 5.69 Å². The highest BCUT2D eigenvalue weighted by Crippen LogP contribution is 2.19. The van der Waals surface area contributed by atoms with Crippen LogP contribution in [-0.4, -0.2) is 29.4 Å². The molecule has 0 spiro atoms. The predicted molar refractivity (Wildman–Crippen MR) is 123 cm³/mol. The predicted octanol–water partition coefficient (Wildman–Crippen LogP) is 4.35. The molecular weight excluding hydrogens is 421 g/mol. The highest BCUT2D eigenvalue weighted by Gasteiger charge is 2.02. The number of hydrogen-bond acceptors (Lipinski definition) is 5. The summed E-state index contributed by atoms with van der Waals surface area (Å²) in [6, 6.07) is 14.7. The number of carbonyl (C=O) groups is 1. The number of nitrogens with zero attached hydrogens (tertiary/aromatic N) is 3. The summed E-state index contributed by atoms with van der Waals surface area (Å²) in [5, 5.41) is 13.0. The second kappa shape index (κ2) is 14.2. The Labute approximate surface area is 187 Å². The van der Waals surface area contributed by atoms with Crippen molar-refractivity contribution in [3.63, 3.8) is 0 Å². The molecule has 30 heavy (non-hydrogen) atoms. The van der Waals surface area contributed by atoms with Gasteiger partial charge in [0, 0.05) is 47.1 Å². The molecule has 0 atom stereocenters. The molecule has 0 fully saturated rings. The van der Waals surface area contributed by atoms with Gasteiger partial charge in [0.05, 0.1) is 18.0 Å². The summed E-state index contributed by atoms with van der Waals surface area (Å²) in [6.45, 7) is 3.18. The summed E-state index contributed by atoms with van der Waals surface area (Å²) in [5.74, 6) is 0. The summed E-state index contributed by atoms with van der Waals surface area (Å²) < 4.78 is 2.14. The van der Waals surface area contributed by atoms with Crippen LogP contribution in [0.1, 0.15) is 23.7 Å². The number of halogens is 2. The summed E-state index contributed by atoms with van der Waals surface area (Å²) in [4.78, 5) is 13.0. The largest absolute Gasteiger partial charge is 0.399 e. The first-order chi connectivity index (χ1) is 14.4. The molecule has 158 valence electrons. The van der Waals surface area contributed by atoms with Gasteiger partial charge < -0.3 is 20.4 Å².